The summed E-state index contributed by atoms with van der Waals surface area (Å²) < 4.78 is 56.1. The van der Waals surface area contributed by atoms with E-state index in [9.17, 15) is 17.6 Å². The van der Waals surface area contributed by atoms with E-state index in [0.29, 0.717) is 5.56 Å². The molecule has 0 radical (unpaired) electrons. The highest BCUT2D eigenvalue weighted by atomic mass is 19.4. The van der Waals surface area contributed by atoms with Crippen LogP contribution in [0, 0.1) is 5.82 Å². The molecule has 7 heteroatoms. The fourth-order valence-electron chi connectivity index (χ4n) is 2.30. The molecule has 21 heavy (non-hydrogen) atoms. The summed E-state index contributed by atoms with van der Waals surface area (Å²) in [6.07, 6.45) is -5.39. The minimum atomic E-state index is -4.24. The summed E-state index contributed by atoms with van der Waals surface area (Å²) in [5.41, 5.74) is 5.20. The Morgan fingerprint density at radius 3 is 2.71 bits per heavy atom. The Morgan fingerprint density at radius 1 is 1.38 bits per heavy atom. The SMILES string of the molecule is C[C@@]1(c2cc(CCC(F)(F)F)ccc2F)COCC(N)=N1. The van der Waals surface area contributed by atoms with Crippen LogP contribution in [0.1, 0.15) is 24.5 Å². The van der Waals surface area contributed by atoms with Gasteiger partial charge >= 0.3 is 6.18 Å². The summed E-state index contributed by atoms with van der Waals surface area (Å²) in [6.45, 7) is 1.95. The Labute approximate surface area is 119 Å². The molecule has 1 aromatic carbocycles. The predicted molar refractivity (Wildman–Crippen MR) is 70.6 cm³/mol. The van der Waals surface area contributed by atoms with Gasteiger partial charge in [-0.15, -0.1) is 0 Å². The Morgan fingerprint density at radius 2 is 2.10 bits per heavy atom. The van der Waals surface area contributed by atoms with Crippen molar-refractivity contribution in [2.24, 2.45) is 10.7 Å². The molecule has 2 rings (SSSR count). The second-order valence-corrected chi connectivity index (χ2v) is 5.30. The van der Waals surface area contributed by atoms with Gasteiger partial charge in [-0.1, -0.05) is 12.1 Å². The summed E-state index contributed by atoms with van der Waals surface area (Å²) in [5, 5.41) is 0. The van der Waals surface area contributed by atoms with Gasteiger partial charge in [0.15, 0.2) is 0 Å². The number of amidine groups is 1. The molecule has 0 aliphatic carbocycles. The molecule has 3 nitrogen and oxygen atoms in total. The van der Waals surface area contributed by atoms with E-state index in [1.165, 1.54) is 12.1 Å². The molecule has 0 fully saturated rings. The number of nitrogens with two attached hydrogens (primary N) is 1. The topological polar surface area (TPSA) is 47.6 Å². The average molecular weight is 304 g/mol. The van der Waals surface area contributed by atoms with Crippen molar-refractivity contribution in [2.75, 3.05) is 13.2 Å². The highest BCUT2D eigenvalue weighted by Crippen LogP contribution is 2.32. The van der Waals surface area contributed by atoms with Gasteiger partial charge in [0, 0.05) is 12.0 Å². The van der Waals surface area contributed by atoms with Crippen molar-refractivity contribution in [3.05, 3.63) is 35.1 Å². The lowest BCUT2D eigenvalue weighted by Gasteiger charge is -2.30. The highest BCUT2D eigenvalue weighted by molar-refractivity contribution is 5.82. The number of aliphatic imine (C=N–C) groups is 1. The molecule has 0 amide bonds. The summed E-state index contributed by atoms with van der Waals surface area (Å²) in [6, 6.07) is 3.92. The molecule has 1 aliphatic rings. The van der Waals surface area contributed by atoms with Gasteiger partial charge in [0.05, 0.1) is 6.61 Å². The number of hydrogen-bond donors (Lipinski definition) is 1. The molecule has 0 spiro atoms. The van der Waals surface area contributed by atoms with Crippen LogP contribution in [0.3, 0.4) is 0 Å². The first kappa shape index (κ1) is 15.8. The minimum absolute atomic E-state index is 0.132. The lowest BCUT2D eigenvalue weighted by molar-refractivity contribution is -0.134. The smallest absolute Gasteiger partial charge is 0.386 e. The van der Waals surface area contributed by atoms with Crippen LogP contribution in [0.5, 0.6) is 0 Å². The Hall–Kier alpha value is -1.63. The first-order chi connectivity index (χ1) is 9.70. The van der Waals surface area contributed by atoms with E-state index >= 15 is 0 Å². The van der Waals surface area contributed by atoms with Crippen LogP contribution < -0.4 is 5.73 Å². The van der Waals surface area contributed by atoms with E-state index in [2.05, 4.69) is 4.99 Å². The maximum absolute atomic E-state index is 14.0. The van der Waals surface area contributed by atoms with Crippen molar-refractivity contribution >= 4 is 5.84 Å². The first-order valence-electron chi connectivity index (χ1n) is 6.47. The minimum Gasteiger partial charge on any atom is -0.386 e. The van der Waals surface area contributed by atoms with E-state index in [-0.39, 0.29) is 31.0 Å². The monoisotopic (exact) mass is 304 g/mol. The summed E-state index contributed by atoms with van der Waals surface area (Å²) in [5.74, 6) is -0.292. The molecule has 0 bridgehead atoms. The number of rotatable bonds is 3. The van der Waals surface area contributed by atoms with Crippen LogP contribution >= 0.6 is 0 Å². The number of hydrogen-bond acceptors (Lipinski definition) is 3. The maximum atomic E-state index is 14.0. The lowest BCUT2D eigenvalue weighted by Crippen LogP contribution is -2.38. The number of nitrogens with zero attached hydrogens (tertiary/aromatic N) is 1. The van der Waals surface area contributed by atoms with Gasteiger partial charge < -0.3 is 10.5 Å². The number of halogens is 4. The fraction of sp³-hybridized carbons (Fsp3) is 0.500. The molecule has 1 aromatic rings. The quantitative estimate of drug-likeness (QED) is 0.873. The van der Waals surface area contributed by atoms with Gasteiger partial charge in [-0.05, 0) is 25.0 Å². The molecular weight excluding hydrogens is 288 g/mol. The van der Waals surface area contributed by atoms with Gasteiger partial charge in [0.1, 0.15) is 23.8 Å². The lowest BCUT2D eigenvalue weighted by atomic mass is 9.90. The summed E-state index contributed by atoms with van der Waals surface area (Å²) in [4.78, 5) is 4.20. The molecule has 1 heterocycles. The van der Waals surface area contributed by atoms with Crippen molar-refractivity contribution in [2.45, 2.75) is 31.5 Å². The second kappa shape index (κ2) is 5.63. The third-order valence-corrected chi connectivity index (χ3v) is 3.33. The van der Waals surface area contributed by atoms with Gasteiger partial charge in [-0.2, -0.15) is 13.2 Å². The Balaban J connectivity index is 2.29. The third kappa shape index (κ3) is 3.93. The second-order valence-electron chi connectivity index (χ2n) is 5.30. The van der Waals surface area contributed by atoms with Gasteiger partial charge in [0.2, 0.25) is 0 Å². The molecule has 0 unspecified atom stereocenters. The summed E-state index contributed by atoms with van der Waals surface area (Å²) >= 11 is 0. The Kier molecular flexibility index (Phi) is 4.22. The van der Waals surface area contributed by atoms with Gasteiger partial charge in [0.25, 0.3) is 0 Å². The zero-order valence-electron chi connectivity index (χ0n) is 11.5. The van der Waals surface area contributed by atoms with Crippen LogP contribution in [-0.2, 0) is 16.7 Å². The van der Waals surface area contributed by atoms with Gasteiger partial charge in [-0.3, -0.25) is 4.99 Å². The molecule has 0 saturated carbocycles. The van der Waals surface area contributed by atoms with Crippen LogP contribution in [0.15, 0.2) is 23.2 Å². The normalized spacial score (nSPS) is 23.0. The van der Waals surface area contributed by atoms with E-state index in [0.717, 1.165) is 6.07 Å². The zero-order valence-corrected chi connectivity index (χ0v) is 11.5. The number of benzene rings is 1. The summed E-state index contributed by atoms with van der Waals surface area (Å²) in [7, 11) is 0. The van der Waals surface area contributed by atoms with Crippen molar-refractivity contribution in [3.8, 4) is 0 Å². The maximum Gasteiger partial charge on any atom is 0.389 e. The van der Waals surface area contributed by atoms with Crippen LogP contribution in [0.2, 0.25) is 0 Å². The zero-order chi connectivity index (χ0) is 15.7. The third-order valence-electron chi connectivity index (χ3n) is 3.33. The van der Waals surface area contributed by atoms with E-state index < -0.39 is 24.0 Å². The van der Waals surface area contributed by atoms with E-state index in [4.69, 9.17) is 10.5 Å². The largest absolute Gasteiger partial charge is 0.389 e. The van der Waals surface area contributed by atoms with Crippen molar-refractivity contribution in [1.82, 2.24) is 0 Å². The van der Waals surface area contributed by atoms with E-state index in [1.54, 1.807) is 6.92 Å². The van der Waals surface area contributed by atoms with E-state index in [1.807, 2.05) is 0 Å². The molecule has 116 valence electrons. The average Bonchev–Trinajstić information content (AvgIpc) is 2.36. The van der Waals surface area contributed by atoms with Crippen molar-refractivity contribution in [3.63, 3.8) is 0 Å². The molecule has 1 atom stereocenters. The fourth-order valence-corrected chi connectivity index (χ4v) is 2.30. The predicted octanol–water partition coefficient (Wildman–Crippen LogP) is 2.92. The number of ether oxygens (including phenoxy) is 1. The van der Waals surface area contributed by atoms with Crippen LogP contribution in [-0.4, -0.2) is 25.2 Å². The molecule has 2 N–H and O–H groups in total. The number of alkyl halides is 3. The number of aryl methyl sites for hydroxylation is 1. The van der Waals surface area contributed by atoms with Gasteiger partial charge in [-0.25, -0.2) is 4.39 Å². The van der Waals surface area contributed by atoms with Crippen molar-refractivity contribution in [1.29, 1.82) is 0 Å². The molecule has 0 saturated heterocycles. The molecule has 1 aliphatic heterocycles. The van der Waals surface area contributed by atoms with Crippen LogP contribution in [0.25, 0.3) is 0 Å². The van der Waals surface area contributed by atoms with Crippen LogP contribution in [0.4, 0.5) is 17.6 Å². The molecule has 0 aromatic heterocycles. The Bertz CT molecular complexity index is 556. The molecular formula is C14H16F4N2O. The van der Waals surface area contributed by atoms with Crippen molar-refractivity contribution < 1.29 is 22.3 Å². The first-order valence-corrected chi connectivity index (χ1v) is 6.47. The standard InChI is InChI=1S/C14H16F4N2O/c1-13(8-21-7-12(19)20-13)10-6-9(2-3-11(10)15)4-5-14(16,17)18/h2-3,6H,4-5,7-8H2,1H3,(H2,19,20)/t13-/m0/s1. The highest BCUT2D eigenvalue weighted by Gasteiger charge is 2.33.